The standard InChI is InChI=1S/C46H84N7O17P3S/c1-5-6-7-8-9-10-11-12-14-17-20-23-34(2)24-21-18-15-13-16-19-22-25-37(55)74-29-28-48-36(54)26-27-49-44(58)41(57)46(3,4)31-67-73(64,65)70-72(62,63)66-30-35-40(69-71(59,60)61)39(56)45(68-35)53-33-52-38-42(47)50-32-51-43(38)53/h32-35,39-41,45,56-57H,5-31H2,1-4H3,(H,48,54)(H,49,58)(H,62,63)(H,64,65)(H2,47,50,51)(H2,59,60,61). The Labute approximate surface area is 439 Å². The number of aliphatic hydroxyl groups is 2. The van der Waals surface area contributed by atoms with E-state index in [0.29, 0.717) is 12.2 Å². The predicted molar refractivity (Wildman–Crippen MR) is 279 cm³/mol. The largest absolute Gasteiger partial charge is 0.481 e. The van der Waals surface area contributed by atoms with Gasteiger partial charge >= 0.3 is 23.5 Å². The summed E-state index contributed by atoms with van der Waals surface area (Å²) in [5.41, 5.74) is 4.30. The number of nitrogen functional groups attached to an aromatic ring is 1. The summed E-state index contributed by atoms with van der Waals surface area (Å²) in [6.07, 6.45) is 19.4. The highest BCUT2D eigenvalue weighted by molar-refractivity contribution is 8.13. The van der Waals surface area contributed by atoms with E-state index in [1.54, 1.807) is 0 Å². The number of fused-ring (bicyclic) bond motifs is 1. The monoisotopic (exact) mass is 1130 g/mol. The van der Waals surface area contributed by atoms with Gasteiger partial charge in [-0.3, -0.25) is 32.5 Å². The Balaban J connectivity index is 1.23. The number of hydrogen-bond donors (Lipinski definition) is 9. The number of nitrogens with zero attached hydrogens (tertiary/aromatic N) is 4. The number of rotatable bonds is 41. The van der Waals surface area contributed by atoms with Crippen LogP contribution in [-0.4, -0.2) is 123 Å². The molecule has 74 heavy (non-hydrogen) atoms. The molecular formula is C46H84N7O17P3S. The third kappa shape index (κ3) is 25.8. The summed E-state index contributed by atoms with van der Waals surface area (Å²) in [7, 11) is -16.4. The Kier molecular flexibility index (Phi) is 30.0. The van der Waals surface area contributed by atoms with Crippen molar-refractivity contribution in [1.29, 1.82) is 0 Å². The highest BCUT2D eigenvalue weighted by Gasteiger charge is 2.50. The number of nitrogens with two attached hydrogens (primary N) is 1. The smallest absolute Gasteiger partial charge is 0.386 e. The van der Waals surface area contributed by atoms with Gasteiger partial charge in [0.15, 0.2) is 22.8 Å². The normalized spacial score (nSPS) is 19.8. The average molecular weight is 1130 g/mol. The van der Waals surface area contributed by atoms with Crippen molar-refractivity contribution in [2.24, 2.45) is 11.3 Å². The molecule has 8 unspecified atom stereocenters. The fraction of sp³-hybridized carbons (Fsp3) is 0.826. The number of phosphoric acid groups is 3. The van der Waals surface area contributed by atoms with Gasteiger partial charge in [-0.25, -0.2) is 28.6 Å². The zero-order valence-electron chi connectivity index (χ0n) is 43.5. The molecule has 3 rings (SSSR count). The number of unbranched alkanes of at least 4 members (excludes halogenated alkanes) is 16. The van der Waals surface area contributed by atoms with Gasteiger partial charge in [-0.05, 0) is 12.3 Å². The first-order valence-electron chi connectivity index (χ1n) is 26.0. The third-order valence-corrected chi connectivity index (χ3v) is 16.7. The molecule has 0 spiro atoms. The molecule has 28 heteroatoms. The van der Waals surface area contributed by atoms with Crippen molar-refractivity contribution in [3.05, 3.63) is 12.7 Å². The van der Waals surface area contributed by atoms with Crippen molar-refractivity contribution in [2.75, 3.05) is 37.8 Å². The molecule has 10 N–H and O–H groups in total. The molecule has 2 aromatic rings. The Bertz CT molecular complexity index is 2140. The number of carbonyl (C=O) groups excluding carboxylic acids is 3. The van der Waals surface area contributed by atoms with E-state index in [2.05, 4.69) is 48.3 Å². The van der Waals surface area contributed by atoms with Gasteiger partial charge in [0.2, 0.25) is 11.8 Å². The molecule has 2 aromatic heterocycles. The minimum absolute atomic E-state index is 0.0345. The number of carbonyl (C=O) groups is 3. The molecule has 1 fully saturated rings. The van der Waals surface area contributed by atoms with Crippen LogP contribution in [0.4, 0.5) is 5.82 Å². The van der Waals surface area contributed by atoms with E-state index in [-0.39, 0.29) is 41.6 Å². The number of ether oxygens (including phenoxy) is 1. The summed E-state index contributed by atoms with van der Waals surface area (Å²) in [5.74, 6) is -0.208. The van der Waals surface area contributed by atoms with Crippen LogP contribution in [0.15, 0.2) is 12.7 Å². The fourth-order valence-electron chi connectivity index (χ4n) is 8.31. The molecule has 1 saturated heterocycles. The van der Waals surface area contributed by atoms with Crippen LogP contribution in [0.5, 0.6) is 0 Å². The first-order chi connectivity index (χ1) is 34.9. The van der Waals surface area contributed by atoms with E-state index in [4.69, 9.17) is 19.5 Å². The first kappa shape index (κ1) is 65.8. The van der Waals surface area contributed by atoms with Crippen molar-refractivity contribution in [2.45, 2.75) is 200 Å². The number of thioether (sulfide) groups is 1. The Morgan fingerprint density at radius 2 is 1.38 bits per heavy atom. The molecule has 0 radical (unpaired) electrons. The first-order valence-corrected chi connectivity index (χ1v) is 31.5. The quantitative estimate of drug-likeness (QED) is 0.0230. The maximum atomic E-state index is 12.8. The summed E-state index contributed by atoms with van der Waals surface area (Å²) < 4.78 is 62.6. The molecule has 24 nitrogen and oxygen atoms in total. The van der Waals surface area contributed by atoms with Crippen LogP contribution in [0.25, 0.3) is 11.2 Å². The zero-order valence-corrected chi connectivity index (χ0v) is 47.0. The minimum Gasteiger partial charge on any atom is -0.386 e. The number of anilines is 1. The van der Waals surface area contributed by atoms with Crippen molar-refractivity contribution in [3.63, 3.8) is 0 Å². The molecule has 1 aliphatic heterocycles. The van der Waals surface area contributed by atoms with E-state index in [0.717, 1.165) is 54.2 Å². The zero-order chi connectivity index (χ0) is 54.8. The van der Waals surface area contributed by atoms with Gasteiger partial charge in [-0.1, -0.05) is 161 Å². The van der Waals surface area contributed by atoms with Crippen LogP contribution in [-0.2, 0) is 50.7 Å². The lowest BCUT2D eigenvalue weighted by molar-refractivity contribution is -0.137. The van der Waals surface area contributed by atoms with Crippen molar-refractivity contribution in [1.82, 2.24) is 30.2 Å². The summed E-state index contributed by atoms with van der Waals surface area (Å²) in [4.78, 5) is 88.7. The van der Waals surface area contributed by atoms with E-state index in [9.17, 15) is 57.9 Å². The number of hydrogen-bond acceptors (Lipinski definition) is 18. The molecule has 1 aliphatic rings. The highest BCUT2D eigenvalue weighted by atomic mass is 32.2. The third-order valence-electron chi connectivity index (χ3n) is 12.6. The van der Waals surface area contributed by atoms with E-state index >= 15 is 0 Å². The number of nitrogens with one attached hydrogen (secondary N) is 2. The molecule has 2 amide bonds. The van der Waals surface area contributed by atoms with Crippen LogP contribution in [0.2, 0.25) is 0 Å². The second kappa shape index (κ2) is 33.8. The lowest BCUT2D eigenvalue weighted by atomic mass is 9.87. The fourth-order valence-corrected chi connectivity index (χ4v) is 11.9. The van der Waals surface area contributed by atoms with Gasteiger partial charge in [0.1, 0.15) is 36.3 Å². The Morgan fingerprint density at radius 1 is 0.811 bits per heavy atom. The van der Waals surface area contributed by atoms with Crippen molar-refractivity contribution < 1.29 is 80.5 Å². The van der Waals surface area contributed by atoms with Gasteiger partial charge in [0.05, 0.1) is 19.5 Å². The number of aromatic nitrogens is 4. The van der Waals surface area contributed by atoms with Crippen LogP contribution >= 0.6 is 35.2 Å². The van der Waals surface area contributed by atoms with E-state index in [1.807, 2.05) is 0 Å². The number of imidazole rings is 1. The summed E-state index contributed by atoms with van der Waals surface area (Å²) in [6, 6.07) is 0. The second-order valence-electron chi connectivity index (χ2n) is 19.7. The predicted octanol–water partition coefficient (Wildman–Crippen LogP) is 7.51. The maximum Gasteiger partial charge on any atom is 0.481 e. The lowest BCUT2D eigenvalue weighted by Crippen LogP contribution is -2.46. The Hall–Kier alpha value is -2.44. The molecule has 8 atom stereocenters. The van der Waals surface area contributed by atoms with Crippen LogP contribution in [0.3, 0.4) is 0 Å². The van der Waals surface area contributed by atoms with E-state index in [1.165, 1.54) is 123 Å². The number of phosphoric ester groups is 3. The molecule has 0 aliphatic carbocycles. The molecule has 426 valence electrons. The Morgan fingerprint density at radius 3 is 1.97 bits per heavy atom. The van der Waals surface area contributed by atoms with Gasteiger partial charge in [0, 0.05) is 37.1 Å². The molecule has 0 saturated carbocycles. The van der Waals surface area contributed by atoms with E-state index < -0.39 is 84.6 Å². The number of aliphatic hydroxyl groups excluding tert-OH is 2. The van der Waals surface area contributed by atoms with Crippen molar-refractivity contribution >= 4 is 69.1 Å². The average Bonchev–Trinajstić information content (AvgIpc) is 3.89. The van der Waals surface area contributed by atoms with Gasteiger partial charge < -0.3 is 50.9 Å². The summed E-state index contributed by atoms with van der Waals surface area (Å²) in [6.45, 7) is 5.25. The minimum atomic E-state index is -5.58. The molecule has 3 heterocycles. The van der Waals surface area contributed by atoms with Gasteiger partial charge in [-0.15, -0.1) is 0 Å². The lowest BCUT2D eigenvalue weighted by Gasteiger charge is -2.30. The van der Waals surface area contributed by atoms with Gasteiger partial charge in [-0.2, -0.15) is 4.31 Å². The van der Waals surface area contributed by atoms with Crippen molar-refractivity contribution in [3.8, 4) is 0 Å². The van der Waals surface area contributed by atoms with Gasteiger partial charge in [0.25, 0.3) is 0 Å². The summed E-state index contributed by atoms with van der Waals surface area (Å²) in [5, 5.41) is 26.7. The topological polar surface area (TPSA) is 364 Å². The van der Waals surface area contributed by atoms with Crippen LogP contribution in [0, 0.1) is 11.3 Å². The number of amides is 2. The van der Waals surface area contributed by atoms with Crippen LogP contribution < -0.4 is 16.4 Å². The summed E-state index contributed by atoms with van der Waals surface area (Å²) >= 11 is 1.16. The molecule has 0 aromatic carbocycles. The maximum absolute atomic E-state index is 12.8. The second-order valence-corrected chi connectivity index (χ2v) is 25.1. The molecular weight excluding hydrogens is 1050 g/mol. The molecule has 0 bridgehead atoms. The highest BCUT2D eigenvalue weighted by Crippen LogP contribution is 2.61. The SMILES string of the molecule is CCCCCCCCCCCCCC(C)CCCCCCCCCC(=O)SCCNC(=O)CCNC(=O)C(O)C(C)(C)COP(=O)(O)OP(=O)(O)OCC1OC(n2cnc3c(N)ncnc32)C(O)C1OP(=O)(O)O. The van der Waals surface area contributed by atoms with Crippen LogP contribution in [0.1, 0.15) is 175 Å².